The van der Waals surface area contributed by atoms with Gasteiger partial charge in [0.25, 0.3) is 15.9 Å². The monoisotopic (exact) mass is 567 g/mol. The Bertz CT molecular complexity index is 1570. The van der Waals surface area contributed by atoms with Gasteiger partial charge in [0.05, 0.1) is 30.2 Å². The number of hydrogen-bond acceptors (Lipinski definition) is 9. The summed E-state index contributed by atoms with van der Waals surface area (Å²) in [5.74, 6) is -0.670. The lowest BCUT2D eigenvalue weighted by molar-refractivity contribution is -0.141. The van der Waals surface area contributed by atoms with Crippen molar-refractivity contribution in [2.24, 2.45) is 0 Å². The van der Waals surface area contributed by atoms with Crippen molar-refractivity contribution >= 4 is 44.7 Å². The van der Waals surface area contributed by atoms with Crippen molar-refractivity contribution in [3.63, 3.8) is 0 Å². The van der Waals surface area contributed by atoms with Gasteiger partial charge in [-0.1, -0.05) is 51.1 Å². The third-order valence-electron chi connectivity index (χ3n) is 6.31. The average molecular weight is 568 g/mol. The van der Waals surface area contributed by atoms with Gasteiger partial charge >= 0.3 is 5.97 Å². The third-order valence-corrected chi connectivity index (χ3v) is 8.23. The van der Waals surface area contributed by atoms with E-state index >= 15 is 0 Å². The van der Waals surface area contributed by atoms with Crippen LogP contribution in [-0.4, -0.2) is 36.2 Å². The number of ether oxygens (including phenoxy) is 2. The van der Waals surface area contributed by atoms with Crippen molar-refractivity contribution in [3.05, 3.63) is 83.4 Å². The number of benzene rings is 3. The molecule has 1 amide bonds. The number of sulfonamides is 1. The van der Waals surface area contributed by atoms with E-state index in [4.69, 9.17) is 9.47 Å². The Balaban J connectivity index is 1.60. The van der Waals surface area contributed by atoms with E-state index < -0.39 is 22.0 Å². The first kappa shape index (κ1) is 28.2. The van der Waals surface area contributed by atoms with Gasteiger partial charge in [0.2, 0.25) is 6.10 Å². The first-order chi connectivity index (χ1) is 18.6. The standard InChI is InChI=1S/C28H29N3O6S2/c1-17(2)19-7-12-23(13-8-19)39(34,35)31-28(33)27(21-9-14-24-25(16-21)30-38-29-24)37-22-10-5-20(6-11-22)18(3)15-26(32)36-4/h5-14,16-18,27H,15H2,1-4H3,(H,31,33). The van der Waals surface area contributed by atoms with Crippen molar-refractivity contribution in [1.82, 2.24) is 13.5 Å². The zero-order chi connectivity index (χ0) is 28.2. The van der Waals surface area contributed by atoms with E-state index in [0.717, 1.165) is 22.9 Å². The highest BCUT2D eigenvalue weighted by molar-refractivity contribution is 7.90. The predicted octanol–water partition coefficient (Wildman–Crippen LogP) is 5.11. The summed E-state index contributed by atoms with van der Waals surface area (Å²) in [5.41, 5.74) is 3.51. The maximum atomic E-state index is 13.4. The maximum absolute atomic E-state index is 13.4. The quantitative estimate of drug-likeness (QED) is 0.262. The molecule has 1 heterocycles. The Morgan fingerprint density at radius 2 is 1.49 bits per heavy atom. The molecule has 11 heteroatoms. The van der Waals surface area contributed by atoms with Gasteiger partial charge in [0.1, 0.15) is 16.8 Å². The van der Waals surface area contributed by atoms with Crippen LogP contribution < -0.4 is 9.46 Å². The Morgan fingerprint density at radius 1 is 0.872 bits per heavy atom. The molecule has 204 valence electrons. The normalized spacial score (nSPS) is 13.2. The van der Waals surface area contributed by atoms with Gasteiger partial charge < -0.3 is 9.47 Å². The summed E-state index contributed by atoms with van der Waals surface area (Å²) >= 11 is 1.04. The minimum absolute atomic E-state index is 0.0258. The van der Waals surface area contributed by atoms with E-state index in [1.807, 2.05) is 20.8 Å². The maximum Gasteiger partial charge on any atom is 0.306 e. The van der Waals surface area contributed by atoms with E-state index in [2.05, 4.69) is 13.5 Å². The van der Waals surface area contributed by atoms with Gasteiger partial charge in [-0.25, -0.2) is 13.1 Å². The minimum Gasteiger partial charge on any atom is -0.476 e. The van der Waals surface area contributed by atoms with E-state index in [9.17, 15) is 18.0 Å². The van der Waals surface area contributed by atoms with Gasteiger partial charge in [0.15, 0.2) is 0 Å². The number of nitrogens with zero attached hydrogens (tertiary/aromatic N) is 2. The highest BCUT2D eigenvalue weighted by Crippen LogP contribution is 2.28. The lowest BCUT2D eigenvalue weighted by Crippen LogP contribution is -2.36. The molecule has 1 N–H and O–H groups in total. The van der Waals surface area contributed by atoms with E-state index in [-0.39, 0.29) is 29.1 Å². The fourth-order valence-corrected chi connectivity index (χ4v) is 5.48. The smallest absolute Gasteiger partial charge is 0.306 e. The summed E-state index contributed by atoms with van der Waals surface area (Å²) in [7, 11) is -2.82. The van der Waals surface area contributed by atoms with Crippen molar-refractivity contribution in [2.75, 3.05) is 7.11 Å². The van der Waals surface area contributed by atoms with Crippen LogP contribution in [0.4, 0.5) is 0 Å². The predicted molar refractivity (Wildman–Crippen MR) is 148 cm³/mol. The molecule has 3 aromatic carbocycles. The molecule has 0 saturated heterocycles. The molecular weight excluding hydrogens is 538 g/mol. The molecule has 39 heavy (non-hydrogen) atoms. The van der Waals surface area contributed by atoms with Crippen LogP contribution in [0.3, 0.4) is 0 Å². The van der Waals surface area contributed by atoms with Gasteiger partial charge in [0, 0.05) is 5.56 Å². The molecule has 0 saturated carbocycles. The molecule has 0 aliphatic rings. The second-order valence-electron chi connectivity index (χ2n) is 9.45. The number of esters is 1. The summed E-state index contributed by atoms with van der Waals surface area (Å²) < 4.78 is 47.5. The van der Waals surface area contributed by atoms with Gasteiger partial charge in [-0.15, -0.1) is 0 Å². The Labute approximate surface area is 231 Å². The lowest BCUT2D eigenvalue weighted by Gasteiger charge is -2.20. The number of rotatable bonds is 10. The highest BCUT2D eigenvalue weighted by atomic mass is 32.2. The molecule has 4 aromatic rings. The van der Waals surface area contributed by atoms with Crippen LogP contribution >= 0.6 is 11.7 Å². The molecule has 9 nitrogen and oxygen atoms in total. The summed E-state index contributed by atoms with van der Waals surface area (Å²) in [4.78, 5) is 25.0. The molecule has 1 aromatic heterocycles. The summed E-state index contributed by atoms with van der Waals surface area (Å²) in [5, 5.41) is 0. The number of aromatic nitrogens is 2. The average Bonchev–Trinajstić information content (AvgIpc) is 3.39. The third kappa shape index (κ3) is 6.79. The summed E-state index contributed by atoms with van der Waals surface area (Å²) in [6.07, 6.45) is -1.07. The van der Waals surface area contributed by atoms with Crippen LogP contribution in [0, 0.1) is 0 Å². The minimum atomic E-state index is -4.16. The van der Waals surface area contributed by atoms with E-state index in [1.54, 1.807) is 54.6 Å². The van der Waals surface area contributed by atoms with Crippen molar-refractivity contribution in [2.45, 2.75) is 50.0 Å². The van der Waals surface area contributed by atoms with Gasteiger partial charge in [-0.05, 0) is 59.4 Å². The zero-order valence-corrected chi connectivity index (χ0v) is 23.6. The van der Waals surface area contributed by atoms with Crippen molar-refractivity contribution in [1.29, 1.82) is 0 Å². The first-order valence-corrected chi connectivity index (χ1v) is 14.5. The Kier molecular flexibility index (Phi) is 8.61. The second kappa shape index (κ2) is 11.9. The molecule has 2 unspecified atom stereocenters. The fraction of sp³-hybridized carbons (Fsp3) is 0.286. The summed E-state index contributed by atoms with van der Waals surface area (Å²) in [6.45, 7) is 5.92. The molecular formula is C28H29N3O6S2. The zero-order valence-electron chi connectivity index (χ0n) is 22.0. The molecule has 0 bridgehead atoms. The molecule has 0 fully saturated rings. The molecule has 0 radical (unpaired) electrons. The van der Waals surface area contributed by atoms with Crippen LogP contribution in [0.1, 0.15) is 61.8 Å². The molecule has 4 rings (SSSR count). The molecule has 0 aliphatic carbocycles. The van der Waals surface area contributed by atoms with Crippen LogP contribution in [-0.2, 0) is 24.3 Å². The fourth-order valence-electron chi connectivity index (χ4n) is 3.97. The molecule has 0 aliphatic heterocycles. The van der Waals surface area contributed by atoms with E-state index in [0.29, 0.717) is 22.3 Å². The Hall–Kier alpha value is -3.83. The van der Waals surface area contributed by atoms with Crippen molar-refractivity contribution in [3.8, 4) is 5.75 Å². The van der Waals surface area contributed by atoms with Crippen LogP contribution in [0.5, 0.6) is 5.75 Å². The number of carbonyl (C=O) groups is 2. The van der Waals surface area contributed by atoms with Crippen molar-refractivity contribution < 1.29 is 27.5 Å². The summed E-state index contributed by atoms with van der Waals surface area (Å²) in [6, 6.07) is 18.3. The van der Waals surface area contributed by atoms with Crippen LogP contribution in [0.25, 0.3) is 11.0 Å². The largest absolute Gasteiger partial charge is 0.476 e. The van der Waals surface area contributed by atoms with Gasteiger partial charge in [-0.2, -0.15) is 8.75 Å². The number of fused-ring (bicyclic) bond motifs is 1. The second-order valence-corrected chi connectivity index (χ2v) is 11.7. The number of nitrogens with one attached hydrogen (secondary N) is 1. The van der Waals surface area contributed by atoms with Crippen LogP contribution in [0.15, 0.2) is 71.6 Å². The topological polar surface area (TPSA) is 125 Å². The number of amides is 1. The molecule has 2 atom stereocenters. The Morgan fingerprint density at radius 3 is 2.13 bits per heavy atom. The number of hydrogen-bond donors (Lipinski definition) is 1. The highest BCUT2D eigenvalue weighted by Gasteiger charge is 2.29. The van der Waals surface area contributed by atoms with E-state index in [1.165, 1.54) is 19.2 Å². The van der Waals surface area contributed by atoms with Gasteiger partial charge in [-0.3, -0.25) is 9.59 Å². The first-order valence-electron chi connectivity index (χ1n) is 12.3. The molecule has 0 spiro atoms. The number of methoxy groups -OCH3 is 1. The lowest BCUT2D eigenvalue weighted by atomic mass is 9.98. The van der Waals surface area contributed by atoms with Crippen LogP contribution in [0.2, 0.25) is 0 Å². The SMILES string of the molecule is COC(=O)CC(C)c1ccc(OC(C(=O)NS(=O)(=O)c2ccc(C(C)C)cc2)c2ccc3nsnc3c2)cc1. The number of carbonyl (C=O) groups excluding carboxylic acids is 2.